The molecule has 4 aromatic carbocycles. The summed E-state index contributed by atoms with van der Waals surface area (Å²) in [5, 5.41) is 24.3. The van der Waals surface area contributed by atoms with E-state index in [1.165, 1.54) is 10.8 Å². The molecule has 0 amide bonds. The zero-order valence-corrected chi connectivity index (χ0v) is 21.9. The molecular weight excluding hydrogens is 549 g/mol. The molecule has 180 valence electrons. The predicted octanol–water partition coefficient (Wildman–Crippen LogP) is 2.62. The third-order valence-electron chi connectivity index (χ3n) is 6.50. The maximum absolute atomic E-state index is 12.0. The van der Waals surface area contributed by atoms with Crippen LogP contribution in [0.3, 0.4) is 0 Å². The van der Waals surface area contributed by atoms with Gasteiger partial charge in [0, 0.05) is 0 Å². The summed E-state index contributed by atoms with van der Waals surface area (Å²) >= 11 is 0. The van der Waals surface area contributed by atoms with Crippen LogP contribution in [0.15, 0.2) is 97.1 Å². The van der Waals surface area contributed by atoms with Gasteiger partial charge in [-0.15, -0.1) is 0 Å². The number of benzene rings is 4. The number of aliphatic carboxylic acids is 1. The Bertz CT molecular complexity index is 1260. The van der Waals surface area contributed by atoms with Crippen LogP contribution in [0.1, 0.15) is 11.1 Å². The molecule has 0 saturated carbocycles. The number of halogens is 1. The highest BCUT2D eigenvalue weighted by Gasteiger charge is 2.36. The summed E-state index contributed by atoms with van der Waals surface area (Å²) in [5.41, 5.74) is 2.18. The van der Waals surface area contributed by atoms with Gasteiger partial charge in [0.2, 0.25) is 6.04 Å². The second-order valence-electron chi connectivity index (χ2n) is 8.82. The monoisotopic (exact) mass is 579 g/mol. The van der Waals surface area contributed by atoms with E-state index in [2.05, 4.69) is 48.5 Å². The van der Waals surface area contributed by atoms with Gasteiger partial charge in [-0.1, -0.05) is 97.1 Å². The van der Waals surface area contributed by atoms with Crippen molar-refractivity contribution in [2.75, 3.05) is 26.7 Å². The van der Waals surface area contributed by atoms with E-state index in [0.717, 1.165) is 21.9 Å². The van der Waals surface area contributed by atoms with Gasteiger partial charge < -0.3 is 38.7 Å². The van der Waals surface area contributed by atoms with Crippen molar-refractivity contribution in [3.8, 4) is 0 Å². The van der Waals surface area contributed by atoms with Crippen molar-refractivity contribution < 1.29 is 43.5 Å². The van der Waals surface area contributed by atoms with Crippen LogP contribution in [0.25, 0.3) is 33.7 Å². The van der Waals surface area contributed by atoms with Crippen LogP contribution < -0.4 is 24.0 Å². The van der Waals surface area contributed by atoms with Crippen molar-refractivity contribution in [1.29, 1.82) is 0 Å². The molecule has 0 saturated heterocycles. The quantitative estimate of drug-likeness (QED) is 0.237. The molecule has 0 aromatic heterocycles. The first-order valence-electron chi connectivity index (χ1n) is 11.5. The molecule has 0 aliphatic rings. The third kappa shape index (κ3) is 6.17. The lowest BCUT2D eigenvalue weighted by atomic mass is 10.0. The molecule has 0 aliphatic heterocycles. The summed E-state index contributed by atoms with van der Waals surface area (Å²) in [5.74, 6) is -0.998. The van der Waals surface area contributed by atoms with Crippen molar-refractivity contribution >= 4 is 39.7 Å². The van der Waals surface area contributed by atoms with E-state index >= 15 is 0 Å². The smallest absolute Gasteiger partial charge is 0.365 e. The Balaban J connectivity index is 0.00000342. The van der Waals surface area contributed by atoms with Gasteiger partial charge in [0.25, 0.3) is 0 Å². The Hall–Kier alpha value is -3.00. The fourth-order valence-corrected chi connectivity index (χ4v) is 4.50. The highest BCUT2D eigenvalue weighted by molar-refractivity contribution is 5.91. The highest BCUT2D eigenvalue weighted by atomic mass is 127. The number of aliphatic hydroxyl groups excluding tert-OH is 1. The van der Waals surface area contributed by atoms with Gasteiger partial charge in [0.1, 0.15) is 6.61 Å². The topological polar surface area (TPSA) is 57.5 Å². The number of aliphatic hydroxyl groups is 1. The van der Waals surface area contributed by atoms with Gasteiger partial charge in [-0.3, -0.25) is 0 Å². The molecule has 0 heterocycles. The fourth-order valence-electron chi connectivity index (χ4n) is 4.50. The molecule has 1 unspecified atom stereocenters. The largest absolute Gasteiger partial charge is 1.00 e. The first-order chi connectivity index (χ1) is 16.5. The Kier molecular flexibility index (Phi) is 9.20. The number of carbonyl (C=O) groups is 1. The molecule has 5 heteroatoms. The van der Waals surface area contributed by atoms with E-state index < -0.39 is 18.6 Å². The van der Waals surface area contributed by atoms with Crippen molar-refractivity contribution in [3.05, 3.63) is 108 Å². The zero-order valence-electron chi connectivity index (χ0n) is 19.7. The first kappa shape index (κ1) is 26.6. The van der Waals surface area contributed by atoms with Gasteiger partial charge in [-0.05, 0) is 44.8 Å². The van der Waals surface area contributed by atoms with Gasteiger partial charge in [0.05, 0.1) is 20.1 Å². The van der Waals surface area contributed by atoms with Gasteiger partial charge in [-0.25, -0.2) is 4.79 Å². The molecule has 0 bridgehead atoms. The Morgan fingerprint density at radius 3 is 1.63 bits per heavy atom. The highest BCUT2D eigenvalue weighted by Crippen LogP contribution is 2.22. The molecule has 4 aromatic rings. The molecule has 4 rings (SSSR count). The third-order valence-corrected chi connectivity index (χ3v) is 6.50. The summed E-state index contributed by atoms with van der Waals surface area (Å²) in [6.45, 7) is 0.525. The van der Waals surface area contributed by atoms with E-state index in [1.54, 1.807) is 0 Å². The van der Waals surface area contributed by atoms with E-state index in [4.69, 9.17) is 0 Å². The number of hydrogen-bond acceptors (Lipinski definition) is 2. The number of likely N-dealkylation sites (N-methyl/N-ethyl adjacent to an activating group) is 1. The summed E-state index contributed by atoms with van der Waals surface area (Å²) in [6, 6.07) is 27.8. The molecular formula is C30H30INO3. The van der Waals surface area contributed by atoms with Crippen LogP contribution in [-0.2, 0) is 4.79 Å². The number of carboxylic acid groups (broad SMARTS) is 1. The number of quaternary nitrogens is 1. The lowest BCUT2D eigenvalue weighted by Gasteiger charge is -2.37. The van der Waals surface area contributed by atoms with E-state index in [1.807, 2.05) is 67.7 Å². The molecule has 4 nitrogen and oxygen atoms in total. The summed E-state index contributed by atoms with van der Waals surface area (Å²) < 4.78 is 0.161. The van der Waals surface area contributed by atoms with Crippen LogP contribution in [0.4, 0.5) is 0 Å². The number of fused-ring (bicyclic) bond motifs is 2. The van der Waals surface area contributed by atoms with Crippen molar-refractivity contribution in [2.45, 2.75) is 6.04 Å². The number of hydrogen-bond donors (Lipinski definition) is 2. The molecule has 0 aliphatic carbocycles. The predicted molar refractivity (Wildman–Crippen MR) is 140 cm³/mol. The van der Waals surface area contributed by atoms with Crippen LogP contribution in [0.2, 0.25) is 0 Å². The normalized spacial score (nSPS) is 12.9. The molecule has 1 atom stereocenters. The van der Waals surface area contributed by atoms with Gasteiger partial charge in [0.15, 0.2) is 0 Å². The van der Waals surface area contributed by atoms with Crippen molar-refractivity contribution in [1.82, 2.24) is 0 Å². The Labute approximate surface area is 223 Å². The number of rotatable bonds is 9. The Morgan fingerprint density at radius 2 is 1.20 bits per heavy atom. The van der Waals surface area contributed by atoms with Crippen molar-refractivity contribution in [3.63, 3.8) is 0 Å². The van der Waals surface area contributed by atoms with Gasteiger partial charge >= 0.3 is 5.97 Å². The summed E-state index contributed by atoms with van der Waals surface area (Å²) in [7, 11) is 1.88. The minimum absolute atomic E-state index is 0. The lowest BCUT2D eigenvalue weighted by Crippen LogP contribution is -3.00. The van der Waals surface area contributed by atoms with Crippen LogP contribution in [0.5, 0.6) is 0 Å². The second kappa shape index (κ2) is 12.1. The van der Waals surface area contributed by atoms with E-state index in [0.29, 0.717) is 13.1 Å². The molecule has 2 N–H and O–H groups in total. The number of nitrogens with zero attached hydrogens (tertiary/aromatic N) is 1. The van der Waals surface area contributed by atoms with Crippen molar-refractivity contribution in [2.24, 2.45) is 0 Å². The van der Waals surface area contributed by atoms with E-state index in [9.17, 15) is 15.0 Å². The fraction of sp³-hybridized carbons (Fsp3) is 0.167. The first-order valence-corrected chi connectivity index (χ1v) is 11.5. The molecule has 0 fully saturated rings. The van der Waals surface area contributed by atoms with Crippen LogP contribution in [0, 0.1) is 0 Å². The lowest BCUT2D eigenvalue weighted by molar-refractivity contribution is -0.914. The maximum atomic E-state index is 12.0. The SMILES string of the molecule is C[N+](C/C=C/c1cccc2ccccc12)(C/C=C/c1cccc2ccccc12)C(CO)C(=O)O.[I-]. The summed E-state index contributed by atoms with van der Waals surface area (Å²) in [4.78, 5) is 12.0. The van der Waals surface area contributed by atoms with Gasteiger partial charge in [-0.2, -0.15) is 0 Å². The standard InChI is InChI=1S/C30H29NO3.HI/c1-31(29(22-32)30(33)34,20-8-16-25-14-6-12-23-10-2-4-18-27(23)25)21-9-17-26-15-7-13-24-11-3-5-19-28(24)26;/h2-19,29,32H,20-22H2,1H3;1H/b16-8+,17-9+;. The van der Waals surface area contributed by atoms with Crippen LogP contribution >= 0.6 is 0 Å². The minimum Gasteiger partial charge on any atom is -1.00 e. The molecule has 35 heavy (non-hydrogen) atoms. The second-order valence-corrected chi connectivity index (χ2v) is 8.82. The summed E-state index contributed by atoms with van der Waals surface area (Å²) in [6.07, 6.45) is 8.12. The average Bonchev–Trinajstić information content (AvgIpc) is 2.84. The molecule has 0 spiro atoms. The minimum atomic E-state index is -0.998. The zero-order chi connectivity index (χ0) is 24.0. The van der Waals surface area contributed by atoms with Crippen LogP contribution in [-0.4, -0.2) is 53.5 Å². The molecule has 0 radical (unpaired) electrons. The average molecular weight is 579 g/mol. The Morgan fingerprint density at radius 1 is 0.771 bits per heavy atom. The number of carboxylic acids is 1. The maximum Gasteiger partial charge on any atom is 0.365 e. The van der Waals surface area contributed by atoms with E-state index in [-0.39, 0.29) is 28.5 Å².